The minimum Gasteiger partial charge on any atom is -0.490 e. The third-order valence-electron chi connectivity index (χ3n) is 6.17. The smallest absolute Gasteiger partial charge is 0.306 e. The summed E-state index contributed by atoms with van der Waals surface area (Å²) < 4.78 is 6.18. The third kappa shape index (κ3) is 4.71. The van der Waals surface area contributed by atoms with Gasteiger partial charge in [-0.1, -0.05) is 42.5 Å². The Morgan fingerprint density at radius 3 is 2.48 bits per heavy atom. The van der Waals surface area contributed by atoms with Gasteiger partial charge in [-0.2, -0.15) is 0 Å². The molecule has 3 nitrogen and oxygen atoms in total. The first kappa shape index (κ1) is 18.1. The Morgan fingerprint density at radius 2 is 1.78 bits per heavy atom. The van der Waals surface area contributed by atoms with Gasteiger partial charge in [0.05, 0.1) is 12.0 Å². The maximum Gasteiger partial charge on any atom is 0.306 e. The van der Waals surface area contributed by atoms with Crippen molar-refractivity contribution < 1.29 is 14.6 Å². The molecule has 2 unspecified atom stereocenters. The van der Waals surface area contributed by atoms with E-state index >= 15 is 0 Å². The van der Waals surface area contributed by atoms with Gasteiger partial charge in [0.15, 0.2) is 0 Å². The normalized spacial score (nSPS) is 27.1. The zero-order valence-electron chi connectivity index (χ0n) is 15.7. The van der Waals surface area contributed by atoms with E-state index in [4.69, 9.17) is 9.84 Å². The van der Waals surface area contributed by atoms with Crippen LogP contribution < -0.4 is 4.74 Å². The van der Waals surface area contributed by atoms with Crippen molar-refractivity contribution in [2.75, 3.05) is 0 Å². The number of aryl methyl sites for hydroxylation is 1. The number of hydrogen-bond donors (Lipinski definition) is 1. The van der Waals surface area contributed by atoms with Gasteiger partial charge in [-0.25, -0.2) is 0 Å². The van der Waals surface area contributed by atoms with E-state index in [1.165, 1.54) is 24.0 Å². The second kappa shape index (κ2) is 8.16. The van der Waals surface area contributed by atoms with Crippen molar-refractivity contribution in [2.24, 2.45) is 11.8 Å². The molecule has 4 atom stereocenters. The van der Waals surface area contributed by atoms with Crippen molar-refractivity contribution in [3.63, 3.8) is 0 Å². The van der Waals surface area contributed by atoms with Crippen LogP contribution in [0.1, 0.15) is 55.6 Å². The average Bonchev–Trinajstić information content (AvgIpc) is 3.48. The zero-order chi connectivity index (χ0) is 18.6. The van der Waals surface area contributed by atoms with Gasteiger partial charge < -0.3 is 9.84 Å². The highest BCUT2D eigenvalue weighted by Gasteiger charge is 2.42. The van der Waals surface area contributed by atoms with E-state index in [1.54, 1.807) is 0 Å². The van der Waals surface area contributed by atoms with Gasteiger partial charge in [0.25, 0.3) is 0 Å². The molecule has 4 rings (SSSR count). The molecular formula is C24H28O3. The van der Waals surface area contributed by atoms with Gasteiger partial charge >= 0.3 is 5.97 Å². The molecule has 0 bridgehead atoms. The molecule has 1 N–H and O–H groups in total. The molecule has 0 aliphatic heterocycles. The molecule has 0 heterocycles. The summed E-state index contributed by atoms with van der Waals surface area (Å²) in [7, 11) is 0. The number of carbonyl (C=O) groups is 1. The van der Waals surface area contributed by atoms with E-state index in [0.29, 0.717) is 17.9 Å². The van der Waals surface area contributed by atoms with Gasteiger partial charge in [0.2, 0.25) is 0 Å². The molecule has 0 amide bonds. The summed E-state index contributed by atoms with van der Waals surface area (Å²) in [5, 5.41) is 9.01. The summed E-state index contributed by atoms with van der Waals surface area (Å²) in [5.41, 5.74) is 2.73. The van der Waals surface area contributed by atoms with E-state index in [9.17, 15) is 4.79 Å². The average molecular weight is 364 g/mol. The lowest BCUT2D eigenvalue weighted by molar-refractivity contribution is -0.138. The fourth-order valence-electron chi connectivity index (χ4n) is 4.42. The standard InChI is InChI=1S/C24H28O3/c25-24(26)23-16-20(23)14-11-17-9-12-18(13-10-17)19-5-4-8-22(15-19)27-21-6-2-1-3-7-21/h1-3,6-7,9-10,12-13,19-20,22-23H,4-5,8,11,14-16H2,(H,25,26)/t19?,20-,22?,23-/m1/s1. The monoisotopic (exact) mass is 364 g/mol. The molecular weight excluding hydrogens is 336 g/mol. The lowest BCUT2D eigenvalue weighted by Crippen LogP contribution is -2.24. The van der Waals surface area contributed by atoms with E-state index in [2.05, 4.69) is 24.3 Å². The van der Waals surface area contributed by atoms with Crippen LogP contribution in [-0.4, -0.2) is 17.2 Å². The SMILES string of the molecule is O=C(O)[C@@H]1C[C@H]1CCc1ccc(C2CCCC(Oc3ccccc3)C2)cc1. The summed E-state index contributed by atoms with van der Waals surface area (Å²) >= 11 is 0. The Labute approximate surface area is 161 Å². The number of aliphatic carboxylic acids is 1. The van der Waals surface area contributed by atoms with E-state index in [1.807, 2.05) is 30.3 Å². The van der Waals surface area contributed by atoms with Gasteiger partial charge in [0, 0.05) is 0 Å². The minimum atomic E-state index is -0.625. The summed E-state index contributed by atoms with van der Waals surface area (Å²) in [6, 6.07) is 19.1. The molecule has 0 saturated heterocycles. The Hall–Kier alpha value is -2.29. The number of benzene rings is 2. The molecule has 2 aromatic rings. The molecule has 142 valence electrons. The highest BCUT2D eigenvalue weighted by Crippen LogP contribution is 2.42. The van der Waals surface area contributed by atoms with E-state index in [-0.39, 0.29) is 5.92 Å². The van der Waals surface area contributed by atoms with Crippen LogP contribution in [0.25, 0.3) is 0 Å². The molecule has 3 heteroatoms. The highest BCUT2D eigenvalue weighted by molar-refractivity contribution is 5.73. The summed E-state index contributed by atoms with van der Waals surface area (Å²) in [6.07, 6.45) is 7.79. The van der Waals surface area contributed by atoms with Crippen molar-refractivity contribution in [3.05, 3.63) is 65.7 Å². The number of hydrogen-bond acceptors (Lipinski definition) is 2. The van der Waals surface area contributed by atoms with Gasteiger partial charge in [-0.05, 0) is 80.0 Å². The Balaban J connectivity index is 1.29. The molecule has 2 fully saturated rings. The van der Waals surface area contributed by atoms with Gasteiger partial charge in [0.1, 0.15) is 5.75 Å². The molecule has 2 aliphatic rings. The first-order valence-corrected chi connectivity index (χ1v) is 10.2. The number of ether oxygens (including phenoxy) is 1. The number of rotatable bonds is 7. The van der Waals surface area contributed by atoms with Crippen molar-refractivity contribution in [2.45, 2.75) is 57.0 Å². The molecule has 2 aliphatic carbocycles. The lowest BCUT2D eigenvalue weighted by atomic mass is 9.82. The summed E-state index contributed by atoms with van der Waals surface area (Å²) in [4.78, 5) is 10.9. The largest absolute Gasteiger partial charge is 0.490 e. The maximum atomic E-state index is 10.9. The highest BCUT2D eigenvalue weighted by atomic mass is 16.5. The summed E-state index contributed by atoms with van der Waals surface area (Å²) in [6.45, 7) is 0. The Kier molecular flexibility index (Phi) is 5.47. The van der Waals surface area contributed by atoms with Crippen molar-refractivity contribution in [1.29, 1.82) is 0 Å². The first-order valence-electron chi connectivity index (χ1n) is 10.2. The Morgan fingerprint density at radius 1 is 1.00 bits per heavy atom. The van der Waals surface area contributed by atoms with Crippen LogP contribution in [0.4, 0.5) is 0 Å². The zero-order valence-corrected chi connectivity index (χ0v) is 15.7. The minimum absolute atomic E-state index is 0.0898. The number of carboxylic acids is 1. The third-order valence-corrected chi connectivity index (χ3v) is 6.17. The van der Waals surface area contributed by atoms with Crippen molar-refractivity contribution >= 4 is 5.97 Å². The second-order valence-electron chi connectivity index (χ2n) is 8.14. The van der Waals surface area contributed by atoms with Gasteiger partial charge in [-0.15, -0.1) is 0 Å². The molecule has 2 saturated carbocycles. The Bertz CT molecular complexity index is 753. The number of carboxylic acid groups (broad SMARTS) is 1. The molecule has 0 radical (unpaired) electrons. The van der Waals surface area contributed by atoms with Crippen LogP contribution in [0.5, 0.6) is 5.75 Å². The van der Waals surface area contributed by atoms with Crippen LogP contribution >= 0.6 is 0 Å². The fraction of sp³-hybridized carbons (Fsp3) is 0.458. The molecule has 27 heavy (non-hydrogen) atoms. The lowest BCUT2D eigenvalue weighted by Gasteiger charge is -2.30. The van der Waals surface area contributed by atoms with Crippen molar-refractivity contribution in [3.8, 4) is 5.75 Å². The predicted octanol–water partition coefficient (Wildman–Crippen LogP) is 5.45. The van der Waals surface area contributed by atoms with Crippen LogP contribution in [-0.2, 0) is 11.2 Å². The fourth-order valence-corrected chi connectivity index (χ4v) is 4.42. The first-order chi connectivity index (χ1) is 13.2. The second-order valence-corrected chi connectivity index (χ2v) is 8.14. The van der Waals surface area contributed by atoms with Crippen LogP contribution in [0, 0.1) is 11.8 Å². The van der Waals surface area contributed by atoms with Crippen LogP contribution in [0.2, 0.25) is 0 Å². The maximum absolute atomic E-state index is 10.9. The number of para-hydroxylation sites is 1. The summed E-state index contributed by atoms with van der Waals surface area (Å²) in [5.74, 6) is 1.21. The topological polar surface area (TPSA) is 46.5 Å². The van der Waals surface area contributed by atoms with Crippen LogP contribution in [0.3, 0.4) is 0 Å². The molecule has 0 aromatic heterocycles. The quantitative estimate of drug-likeness (QED) is 0.711. The van der Waals surface area contributed by atoms with E-state index in [0.717, 1.165) is 37.9 Å². The van der Waals surface area contributed by atoms with Gasteiger partial charge in [-0.3, -0.25) is 4.79 Å². The molecule has 2 aromatic carbocycles. The van der Waals surface area contributed by atoms with E-state index < -0.39 is 5.97 Å². The molecule has 0 spiro atoms. The predicted molar refractivity (Wildman–Crippen MR) is 106 cm³/mol. The van der Waals surface area contributed by atoms with Crippen LogP contribution in [0.15, 0.2) is 54.6 Å². The van der Waals surface area contributed by atoms with Crippen molar-refractivity contribution in [1.82, 2.24) is 0 Å².